The van der Waals surface area contributed by atoms with Crippen molar-refractivity contribution in [3.05, 3.63) is 58.6 Å². The van der Waals surface area contributed by atoms with Gasteiger partial charge in [0, 0.05) is 11.1 Å². The Morgan fingerprint density at radius 1 is 1.15 bits per heavy atom. The second-order valence-corrected chi connectivity index (χ2v) is 4.74. The van der Waals surface area contributed by atoms with E-state index in [1.165, 1.54) is 12.1 Å². The van der Waals surface area contributed by atoms with Crippen LogP contribution in [0.5, 0.6) is 11.5 Å². The molecule has 0 saturated carbocycles. The molecule has 0 bridgehead atoms. The van der Waals surface area contributed by atoms with Crippen LogP contribution >= 0.6 is 11.6 Å². The maximum atomic E-state index is 11.9. The number of halogens is 1. The molecule has 0 aliphatic carbocycles. The Labute approximate surface area is 121 Å². The van der Waals surface area contributed by atoms with Gasteiger partial charge in [-0.2, -0.15) is 0 Å². The molecule has 2 aromatic carbocycles. The van der Waals surface area contributed by atoms with Crippen molar-refractivity contribution in [1.29, 1.82) is 0 Å². The van der Waals surface area contributed by atoms with Gasteiger partial charge in [0.15, 0.2) is 0 Å². The fraction of sp³-hybridized carbons (Fsp3) is 0.133. The number of phenols is 2. The molecule has 1 unspecified atom stereocenters. The monoisotopic (exact) mass is 292 g/mol. The topological polar surface area (TPSA) is 66.8 Å². The normalized spacial score (nSPS) is 11.9. The van der Waals surface area contributed by atoms with Crippen molar-refractivity contribution in [2.75, 3.05) is 0 Å². The minimum atomic E-state index is -0.662. The van der Waals surface area contributed by atoms with Gasteiger partial charge in [-0.15, -0.1) is 0 Å². The van der Waals surface area contributed by atoms with E-state index in [9.17, 15) is 15.0 Å². The Kier molecular flexibility index (Phi) is 4.15. The van der Waals surface area contributed by atoms with E-state index in [0.717, 1.165) is 11.6 Å². The Balaban J connectivity index is 2.13. The zero-order valence-corrected chi connectivity index (χ0v) is 11.5. The summed E-state index contributed by atoms with van der Waals surface area (Å²) in [7, 11) is 0. The van der Waals surface area contributed by atoms with Gasteiger partial charge in [-0.25, -0.2) is 4.79 Å². The first kappa shape index (κ1) is 14.2. The number of phenolic OH excluding ortho intramolecular Hbond substituents is 2. The number of benzene rings is 2. The number of carbonyl (C=O) groups is 1. The summed E-state index contributed by atoms with van der Waals surface area (Å²) in [6, 6.07) is 10.6. The van der Waals surface area contributed by atoms with Crippen molar-refractivity contribution in [3.8, 4) is 11.5 Å². The van der Waals surface area contributed by atoms with Gasteiger partial charge < -0.3 is 14.9 Å². The number of aromatic hydroxyl groups is 2. The first-order chi connectivity index (χ1) is 9.47. The molecule has 0 radical (unpaired) electrons. The van der Waals surface area contributed by atoms with E-state index in [1.54, 1.807) is 31.2 Å². The predicted molar refractivity (Wildman–Crippen MR) is 75.1 cm³/mol. The molecular formula is C15H13ClO4. The number of rotatable bonds is 3. The molecule has 0 aliphatic heterocycles. The van der Waals surface area contributed by atoms with Crippen LogP contribution in [0, 0.1) is 0 Å². The zero-order chi connectivity index (χ0) is 14.7. The van der Waals surface area contributed by atoms with E-state index >= 15 is 0 Å². The van der Waals surface area contributed by atoms with Crippen LogP contribution in [0.2, 0.25) is 5.02 Å². The summed E-state index contributed by atoms with van der Waals surface area (Å²) in [5.74, 6) is -1.10. The highest BCUT2D eigenvalue weighted by molar-refractivity contribution is 6.30. The lowest BCUT2D eigenvalue weighted by molar-refractivity contribution is 0.0334. The predicted octanol–water partition coefficient (Wildman–Crippen LogP) is 3.67. The van der Waals surface area contributed by atoms with Gasteiger partial charge in [0.1, 0.15) is 23.2 Å². The maximum absolute atomic E-state index is 11.9. The van der Waals surface area contributed by atoms with Crippen LogP contribution in [0.15, 0.2) is 42.5 Å². The van der Waals surface area contributed by atoms with E-state index in [2.05, 4.69) is 0 Å². The smallest absolute Gasteiger partial charge is 0.342 e. The molecular weight excluding hydrogens is 280 g/mol. The highest BCUT2D eigenvalue weighted by Crippen LogP contribution is 2.26. The average molecular weight is 293 g/mol. The van der Waals surface area contributed by atoms with Crippen molar-refractivity contribution < 1.29 is 19.7 Å². The van der Waals surface area contributed by atoms with Gasteiger partial charge in [0.25, 0.3) is 0 Å². The van der Waals surface area contributed by atoms with Gasteiger partial charge in [0.05, 0.1) is 0 Å². The molecule has 2 N–H and O–H groups in total. The van der Waals surface area contributed by atoms with Crippen molar-refractivity contribution in [2.45, 2.75) is 13.0 Å². The Hall–Kier alpha value is -2.20. The molecule has 0 fully saturated rings. The van der Waals surface area contributed by atoms with Crippen LogP contribution in [-0.4, -0.2) is 16.2 Å². The zero-order valence-electron chi connectivity index (χ0n) is 10.7. The second kappa shape index (κ2) is 5.84. The summed E-state index contributed by atoms with van der Waals surface area (Å²) < 4.78 is 5.26. The third-order valence-electron chi connectivity index (χ3n) is 2.82. The fourth-order valence-corrected chi connectivity index (χ4v) is 1.84. The standard InChI is InChI=1S/C15H13ClO4/c1-9(10-2-4-11(16)5-3-10)20-15(19)13-7-6-12(17)8-14(13)18/h2-9,17-18H,1H3. The van der Waals surface area contributed by atoms with E-state index in [0.29, 0.717) is 5.02 Å². The fourth-order valence-electron chi connectivity index (χ4n) is 1.72. The maximum Gasteiger partial charge on any atom is 0.342 e. The molecule has 0 amide bonds. The summed E-state index contributed by atoms with van der Waals surface area (Å²) in [4.78, 5) is 11.9. The lowest BCUT2D eigenvalue weighted by atomic mass is 10.1. The van der Waals surface area contributed by atoms with E-state index in [4.69, 9.17) is 16.3 Å². The van der Waals surface area contributed by atoms with Gasteiger partial charge in [0.2, 0.25) is 0 Å². The Bertz CT molecular complexity index is 622. The quantitative estimate of drug-likeness (QED) is 0.847. The SMILES string of the molecule is CC(OC(=O)c1ccc(O)cc1O)c1ccc(Cl)cc1. The van der Waals surface area contributed by atoms with Crippen LogP contribution in [0.25, 0.3) is 0 Å². The highest BCUT2D eigenvalue weighted by atomic mass is 35.5. The largest absolute Gasteiger partial charge is 0.508 e. The first-order valence-electron chi connectivity index (χ1n) is 5.96. The summed E-state index contributed by atoms with van der Waals surface area (Å²) >= 11 is 5.79. The molecule has 2 aromatic rings. The van der Waals surface area contributed by atoms with Crippen molar-refractivity contribution in [2.24, 2.45) is 0 Å². The van der Waals surface area contributed by atoms with Gasteiger partial charge in [-0.1, -0.05) is 23.7 Å². The lowest BCUT2D eigenvalue weighted by Crippen LogP contribution is -2.09. The molecule has 0 spiro atoms. The highest BCUT2D eigenvalue weighted by Gasteiger charge is 2.17. The number of ether oxygens (including phenoxy) is 1. The van der Waals surface area contributed by atoms with Crippen molar-refractivity contribution in [3.63, 3.8) is 0 Å². The average Bonchev–Trinajstić information content (AvgIpc) is 2.39. The summed E-state index contributed by atoms with van der Waals surface area (Å²) in [5.41, 5.74) is 0.796. The molecule has 0 aromatic heterocycles. The third-order valence-corrected chi connectivity index (χ3v) is 3.08. The molecule has 4 nitrogen and oxygen atoms in total. The van der Waals surface area contributed by atoms with Gasteiger partial charge in [-0.3, -0.25) is 0 Å². The van der Waals surface area contributed by atoms with E-state index < -0.39 is 12.1 Å². The lowest BCUT2D eigenvalue weighted by Gasteiger charge is -2.14. The van der Waals surface area contributed by atoms with Gasteiger partial charge >= 0.3 is 5.97 Å². The third kappa shape index (κ3) is 3.22. The van der Waals surface area contributed by atoms with Crippen LogP contribution in [0.3, 0.4) is 0 Å². The molecule has 0 aliphatic rings. The molecule has 1 atom stereocenters. The van der Waals surface area contributed by atoms with E-state index in [1.807, 2.05) is 0 Å². The van der Waals surface area contributed by atoms with Gasteiger partial charge in [-0.05, 0) is 36.8 Å². The number of esters is 1. The molecule has 0 saturated heterocycles. The Morgan fingerprint density at radius 2 is 1.80 bits per heavy atom. The summed E-state index contributed by atoms with van der Waals surface area (Å²) in [6.07, 6.45) is -0.479. The summed E-state index contributed by atoms with van der Waals surface area (Å²) in [5, 5.41) is 19.4. The molecule has 5 heteroatoms. The number of hydrogen-bond donors (Lipinski definition) is 2. The van der Waals surface area contributed by atoms with Crippen LogP contribution in [0.1, 0.15) is 28.9 Å². The second-order valence-electron chi connectivity index (χ2n) is 4.30. The number of carbonyl (C=O) groups excluding carboxylic acids is 1. The molecule has 20 heavy (non-hydrogen) atoms. The molecule has 104 valence electrons. The minimum Gasteiger partial charge on any atom is -0.508 e. The minimum absolute atomic E-state index is 0.00335. The molecule has 0 heterocycles. The Morgan fingerprint density at radius 3 is 2.40 bits per heavy atom. The van der Waals surface area contributed by atoms with Crippen LogP contribution in [0.4, 0.5) is 0 Å². The number of hydrogen-bond acceptors (Lipinski definition) is 4. The van der Waals surface area contributed by atoms with E-state index in [-0.39, 0.29) is 17.1 Å². The van der Waals surface area contributed by atoms with Crippen molar-refractivity contribution in [1.82, 2.24) is 0 Å². The summed E-state index contributed by atoms with van der Waals surface area (Å²) in [6.45, 7) is 1.72. The van der Waals surface area contributed by atoms with Crippen molar-refractivity contribution >= 4 is 17.6 Å². The first-order valence-corrected chi connectivity index (χ1v) is 6.33. The van der Waals surface area contributed by atoms with Crippen LogP contribution < -0.4 is 0 Å². The molecule has 2 rings (SSSR count). The van der Waals surface area contributed by atoms with Crippen LogP contribution in [-0.2, 0) is 4.74 Å².